The van der Waals surface area contributed by atoms with Gasteiger partial charge in [-0.1, -0.05) is 6.07 Å². The highest BCUT2D eigenvalue weighted by atomic mass is 19.4. The van der Waals surface area contributed by atoms with E-state index in [2.05, 4.69) is 19.9 Å². The topological polar surface area (TPSA) is 54.5 Å². The van der Waals surface area contributed by atoms with E-state index in [0.717, 1.165) is 34.4 Å². The first-order valence-electron chi connectivity index (χ1n) is 9.38. The predicted octanol–water partition coefficient (Wildman–Crippen LogP) is 5.20. The zero-order valence-corrected chi connectivity index (χ0v) is 16.1. The van der Waals surface area contributed by atoms with Gasteiger partial charge in [0.1, 0.15) is 5.65 Å². The Labute approximate surface area is 170 Å². The Morgan fingerprint density at radius 3 is 2.60 bits per heavy atom. The molecule has 4 nitrogen and oxygen atoms in total. The van der Waals surface area contributed by atoms with E-state index in [4.69, 9.17) is 0 Å². The summed E-state index contributed by atoms with van der Waals surface area (Å²) in [6, 6.07) is 6.22. The number of pyridine rings is 3. The Kier molecular flexibility index (Phi) is 5.24. The number of hydrogen-bond donors (Lipinski definition) is 1. The van der Waals surface area contributed by atoms with Gasteiger partial charge >= 0.3 is 6.18 Å². The summed E-state index contributed by atoms with van der Waals surface area (Å²) in [5.74, 6) is -0.621. The molecule has 0 saturated carbocycles. The largest absolute Gasteiger partial charge is 0.416 e. The number of H-pyrrole nitrogens is 1. The average Bonchev–Trinajstić information content (AvgIpc) is 3.09. The maximum Gasteiger partial charge on any atom is 0.416 e. The molecule has 8 heteroatoms. The molecule has 0 aliphatic carbocycles. The first-order valence-corrected chi connectivity index (χ1v) is 9.38. The Hall–Kier alpha value is -3.29. The van der Waals surface area contributed by atoms with Crippen molar-refractivity contribution in [1.82, 2.24) is 19.9 Å². The van der Waals surface area contributed by atoms with Gasteiger partial charge in [-0.3, -0.25) is 4.98 Å². The number of aromatic amines is 1. The highest BCUT2D eigenvalue weighted by Gasteiger charge is 2.33. The van der Waals surface area contributed by atoms with Gasteiger partial charge in [0.25, 0.3) is 0 Å². The number of alkyl halides is 3. The Bertz CT molecular complexity index is 1200. The lowest BCUT2D eigenvalue weighted by Crippen LogP contribution is -2.10. The van der Waals surface area contributed by atoms with E-state index in [0.29, 0.717) is 17.7 Å². The molecule has 0 aromatic carbocycles. The van der Waals surface area contributed by atoms with Crippen LogP contribution in [0.25, 0.3) is 11.0 Å². The molecule has 154 valence electrons. The highest BCUT2D eigenvalue weighted by molar-refractivity contribution is 5.80. The molecule has 0 unspecified atom stereocenters. The van der Waals surface area contributed by atoms with Crippen molar-refractivity contribution in [3.8, 4) is 0 Å². The predicted molar refractivity (Wildman–Crippen MR) is 104 cm³/mol. The van der Waals surface area contributed by atoms with Gasteiger partial charge in [0.05, 0.1) is 5.56 Å². The number of aryl methyl sites for hydroxylation is 3. The highest BCUT2D eigenvalue weighted by Crippen LogP contribution is 2.32. The third kappa shape index (κ3) is 4.17. The maximum absolute atomic E-state index is 14.6. The average molecular weight is 414 g/mol. The summed E-state index contributed by atoms with van der Waals surface area (Å²) in [4.78, 5) is 15.1. The van der Waals surface area contributed by atoms with E-state index < -0.39 is 17.7 Å². The minimum absolute atomic E-state index is 0.0675. The molecule has 0 fully saturated rings. The molecule has 30 heavy (non-hydrogen) atoms. The van der Waals surface area contributed by atoms with Crippen LogP contribution in [0, 0.1) is 12.9 Å². The van der Waals surface area contributed by atoms with Crippen molar-refractivity contribution in [2.75, 3.05) is 0 Å². The van der Waals surface area contributed by atoms with Gasteiger partial charge in [-0.15, -0.1) is 0 Å². The number of halogens is 4. The van der Waals surface area contributed by atoms with Crippen molar-refractivity contribution in [3.05, 3.63) is 88.5 Å². The molecule has 4 aromatic rings. The van der Waals surface area contributed by atoms with Gasteiger partial charge < -0.3 is 4.98 Å². The fourth-order valence-electron chi connectivity index (χ4n) is 3.45. The molecule has 4 aromatic heterocycles. The van der Waals surface area contributed by atoms with Crippen LogP contribution in [-0.2, 0) is 25.4 Å². The second-order valence-corrected chi connectivity index (χ2v) is 7.18. The van der Waals surface area contributed by atoms with Crippen molar-refractivity contribution in [1.29, 1.82) is 0 Å². The molecular weight excluding hydrogens is 396 g/mol. The van der Waals surface area contributed by atoms with Crippen LogP contribution in [0.3, 0.4) is 0 Å². The van der Waals surface area contributed by atoms with Crippen LogP contribution in [-0.4, -0.2) is 19.9 Å². The first-order chi connectivity index (χ1) is 14.3. The number of aromatic nitrogens is 4. The fourth-order valence-corrected chi connectivity index (χ4v) is 3.45. The Morgan fingerprint density at radius 2 is 1.83 bits per heavy atom. The molecule has 0 bridgehead atoms. The molecular formula is C22H18F4N4. The standard InChI is InChI=1S/C22H18F4N4/c1-13-8-18-16(12-29-21(18)28-10-13)9-14-2-4-17(30-20(14)23)5-3-15-11-27-7-6-19(15)22(24,25)26/h2,4,6-8,10-12H,3,5,9H2,1H3,(H,28,29). The van der Waals surface area contributed by atoms with Crippen molar-refractivity contribution in [2.45, 2.75) is 32.4 Å². The monoisotopic (exact) mass is 414 g/mol. The smallest absolute Gasteiger partial charge is 0.346 e. The van der Waals surface area contributed by atoms with Gasteiger partial charge in [-0.25, -0.2) is 9.97 Å². The van der Waals surface area contributed by atoms with Crippen molar-refractivity contribution >= 4 is 11.0 Å². The quantitative estimate of drug-likeness (QED) is 0.361. The lowest BCUT2D eigenvalue weighted by atomic mass is 10.0. The van der Waals surface area contributed by atoms with Crippen molar-refractivity contribution in [2.24, 2.45) is 0 Å². The Balaban J connectivity index is 1.51. The molecule has 0 aliphatic rings. The van der Waals surface area contributed by atoms with Gasteiger partial charge in [-0.05, 0) is 54.7 Å². The second kappa shape index (κ2) is 7.85. The third-order valence-corrected chi connectivity index (χ3v) is 4.98. The van der Waals surface area contributed by atoms with Crippen LogP contribution in [0.15, 0.2) is 49.1 Å². The second-order valence-electron chi connectivity index (χ2n) is 7.18. The molecule has 4 rings (SSSR count). The van der Waals surface area contributed by atoms with Gasteiger partial charge in [0.2, 0.25) is 5.95 Å². The maximum atomic E-state index is 14.6. The summed E-state index contributed by atoms with van der Waals surface area (Å²) in [5, 5.41) is 0.926. The molecule has 0 saturated heterocycles. The van der Waals surface area contributed by atoms with Crippen LogP contribution in [0.4, 0.5) is 17.6 Å². The number of rotatable bonds is 5. The lowest BCUT2D eigenvalue weighted by Gasteiger charge is -2.12. The molecule has 0 atom stereocenters. The summed E-state index contributed by atoms with van der Waals surface area (Å²) in [6.07, 6.45) is 2.00. The molecule has 0 amide bonds. The van der Waals surface area contributed by atoms with E-state index in [1.807, 2.05) is 13.0 Å². The minimum atomic E-state index is -4.45. The number of nitrogens with zero attached hydrogens (tertiary/aromatic N) is 3. The zero-order chi connectivity index (χ0) is 21.3. The van der Waals surface area contributed by atoms with Crippen LogP contribution in [0.5, 0.6) is 0 Å². The summed E-state index contributed by atoms with van der Waals surface area (Å²) in [6.45, 7) is 1.94. The van der Waals surface area contributed by atoms with E-state index in [1.165, 1.54) is 6.20 Å². The lowest BCUT2D eigenvalue weighted by molar-refractivity contribution is -0.138. The van der Waals surface area contributed by atoms with E-state index in [-0.39, 0.29) is 18.4 Å². The fraction of sp³-hybridized carbons (Fsp3) is 0.227. The van der Waals surface area contributed by atoms with Crippen molar-refractivity contribution in [3.63, 3.8) is 0 Å². The van der Waals surface area contributed by atoms with Crippen LogP contribution >= 0.6 is 0 Å². The van der Waals surface area contributed by atoms with Gasteiger partial charge in [0.15, 0.2) is 0 Å². The summed E-state index contributed by atoms with van der Waals surface area (Å²) in [5.41, 5.74) is 2.79. The molecule has 0 spiro atoms. The first kappa shape index (κ1) is 20.0. The normalized spacial score (nSPS) is 11.9. The number of nitrogens with one attached hydrogen (secondary N) is 1. The summed E-state index contributed by atoms with van der Waals surface area (Å²) >= 11 is 0. The molecule has 0 radical (unpaired) electrons. The summed E-state index contributed by atoms with van der Waals surface area (Å²) < 4.78 is 53.9. The number of fused-ring (bicyclic) bond motifs is 1. The minimum Gasteiger partial charge on any atom is -0.346 e. The van der Waals surface area contributed by atoms with Crippen LogP contribution in [0.1, 0.15) is 33.5 Å². The zero-order valence-electron chi connectivity index (χ0n) is 16.1. The molecule has 0 aliphatic heterocycles. The Morgan fingerprint density at radius 1 is 1.00 bits per heavy atom. The van der Waals surface area contributed by atoms with Gasteiger partial charge in [0, 0.05) is 47.9 Å². The van der Waals surface area contributed by atoms with Crippen molar-refractivity contribution < 1.29 is 17.6 Å². The van der Waals surface area contributed by atoms with Crippen LogP contribution < -0.4 is 0 Å². The third-order valence-electron chi connectivity index (χ3n) is 4.98. The van der Waals surface area contributed by atoms with E-state index in [9.17, 15) is 17.6 Å². The molecule has 1 N–H and O–H groups in total. The molecule has 4 heterocycles. The SMILES string of the molecule is Cc1cnc2[nH]cc(Cc3ccc(CCc4cnccc4C(F)(F)F)nc3F)c2c1. The van der Waals surface area contributed by atoms with Crippen LogP contribution in [0.2, 0.25) is 0 Å². The van der Waals surface area contributed by atoms with E-state index in [1.54, 1.807) is 24.5 Å². The van der Waals surface area contributed by atoms with Gasteiger partial charge in [-0.2, -0.15) is 17.6 Å². The van der Waals surface area contributed by atoms with E-state index >= 15 is 0 Å². The number of hydrogen-bond acceptors (Lipinski definition) is 3. The summed E-state index contributed by atoms with van der Waals surface area (Å²) in [7, 11) is 0.